The second-order valence-corrected chi connectivity index (χ2v) is 5.82. The SMILES string of the molecule is Cc1cc(C)nc(SCC(=O)NCCOc2ccc(F)cc2)n1. The number of hydrogen-bond acceptors (Lipinski definition) is 5. The number of aryl methyl sites for hydroxylation is 2. The Morgan fingerprint density at radius 3 is 2.52 bits per heavy atom. The number of amides is 1. The number of halogens is 1. The van der Waals surface area contributed by atoms with Gasteiger partial charge in [0.1, 0.15) is 18.2 Å². The third kappa shape index (κ3) is 6.23. The number of hydrogen-bond donors (Lipinski definition) is 1. The monoisotopic (exact) mass is 335 g/mol. The molecule has 0 saturated carbocycles. The number of rotatable bonds is 7. The fourth-order valence-corrected chi connectivity index (χ4v) is 2.61. The zero-order valence-corrected chi connectivity index (χ0v) is 13.8. The molecule has 5 nitrogen and oxygen atoms in total. The van der Waals surface area contributed by atoms with Gasteiger partial charge < -0.3 is 10.1 Å². The van der Waals surface area contributed by atoms with E-state index in [1.165, 1.54) is 23.9 Å². The minimum absolute atomic E-state index is 0.111. The van der Waals surface area contributed by atoms with Crippen molar-refractivity contribution in [2.75, 3.05) is 18.9 Å². The quantitative estimate of drug-likeness (QED) is 0.478. The van der Waals surface area contributed by atoms with Gasteiger partial charge in [-0.15, -0.1) is 0 Å². The first-order valence-electron chi connectivity index (χ1n) is 7.13. The Kier molecular flexibility index (Phi) is 6.34. The molecule has 0 atom stereocenters. The van der Waals surface area contributed by atoms with Crippen molar-refractivity contribution in [3.8, 4) is 5.75 Å². The molecule has 0 radical (unpaired) electrons. The zero-order valence-electron chi connectivity index (χ0n) is 13.0. The van der Waals surface area contributed by atoms with E-state index in [2.05, 4.69) is 15.3 Å². The molecule has 1 aromatic carbocycles. The Balaban J connectivity index is 1.66. The number of nitrogens with zero attached hydrogens (tertiary/aromatic N) is 2. The number of thioether (sulfide) groups is 1. The average Bonchev–Trinajstić information content (AvgIpc) is 2.50. The molecule has 7 heteroatoms. The summed E-state index contributed by atoms with van der Waals surface area (Å²) >= 11 is 1.30. The van der Waals surface area contributed by atoms with Crippen molar-refractivity contribution in [1.82, 2.24) is 15.3 Å². The van der Waals surface area contributed by atoms with E-state index in [1.54, 1.807) is 12.1 Å². The van der Waals surface area contributed by atoms with E-state index in [0.29, 0.717) is 24.1 Å². The fraction of sp³-hybridized carbons (Fsp3) is 0.312. The Morgan fingerprint density at radius 1 is 1.22 bits per heavy atom. The lowest BCUT2D eigenvalue weighted by atomic mass is 10.3. The molecule has 0 spiro atoms. The first-order valence-corrected chi connectivity index (χ1v) is 8.11. The largest absolute Gasteiger partial charge is 0.492 e. The molecule has 0 aliphatic carbocycles. The highest BCUT2D eigenvalue weighted by molar-refractivity contribution is 7.99. The predicted octanol–water partition coefficient (Wildman–Crippen LogP) is 2.52. The maximum absolute atomic E-state index is 12.7. The van der Waals surface area contributed by atoms with Crippen LogP contribution in [-0.2, 0) is 4.79 Å². The Labute approximate surface area is 138 Å². The summed E-state index contributed by atoms with van der Waals surface area (Å²) in [7, 11) is 0. The van der Waals surface area contributed by atoms with Crippen LogP contribution in [0.4, 0.5) is 4.39 Å². The Bertz CT molecular complexity index is 645. The maximum Gasteiger partial charge on any atom is 0.230 e. The van der Waals surface area contributed by atoms with Gasteiger partial charge in [-0.3, -0.25) is 4.79 Å². The van der Waals surface area contributed by atoms with E-state index in [-0.39, 0.29) is 17.5 Å². The van der Waals surface area contributed by atoms with Crippen molar-refractivity contribution in [1.29, 1.82) is 0 Å². The minimum Gasteiger partial charge on any atom is -0.492 e. The van der Waals surface area contributed by atoms with Crippen LogP contribution >= 0.6 is 11.8 Å². The maximum atomic E-state index is 12.7. The van der Waals surface area contributed by atoms with Crippen LogP contribution in [0.5, 0.6) is 5.75 Å². The summed E-state index contributed by atoms with van der Waals surface area (Å²) in [6.45, 7) is 4.49. The standard InChI is InChI=1S/C16H18FN3O2S/c1-11-9-12(2)20-16(19-11)23-10-15(21)18-7-8-22-14-5-3-13(17)4-6-14/h3-6,9H,7-8,10H2,1-2H3,(H,18,21). The Morgan fingerprint density at radius 2 is 1.87 bits per heavy atom. The second-order valence-electron chi connectivity index (χ2n) is 4.87. The van der Waals surface area contributed by atoms with Crippen molar-refractivity contribution >= 4 is 17.7 Å². The van der Waals surface area contributed by atoms with Crippen molar-refractivity contribution in [3.05, 3.63) is 47.5 Å². The van der Waals surface area contributed by atoms with Gasteiger partial charge in [0.25, 0.3) is 0 Å². The van der Waals surface area contributed by atoms with Crippen LogP contribution in [0, 0.1) is 19.7 Å². The molecule has 1 amide bonds. The van der Waals surface area contributed by atoms with Crippen molar-refractivity contribution in [2.45, 2.75) is 19.0 Å². The average molecular weight is 335 g/mol. The minimum atomic E-state index is -0.309. The van der Waals surface area contributed by atoms with E-state index in [9.17, 15) is 9.18 Å². The van der Waals surface area contributed by atoms with E-state index in [4.69, 9.17) is 4.74 Å². The third-order valence-electron chi connectivity index (χ3n) is 2.80. The van der Waals surface area contributed by atoms with Gasteiger partial charge in [-0.2, -0.15) is 0 Å². The number of aromatic nitrogens is 2. The summed E-state index contributed by atoms with van der Waals surface area (Å²) in [6, 6.07) is 7.63. The lowest BCUT2D eigenvalue weighted by molar-refractivity contribution is -0.118. The molecule has 0 aliphatic heterocycles. The van der Waals surface area contributed by atoms with Gasteiger partial charge in [-0.1, -0.05) is 11.8 Å². The van der Waals surface area contributed by atoms with E-state index in [1.807, 2.05) is 19.9 Å². The molecule has 122 valence electrons. The van der Waals surface area contributed by atoms with E-state index < -0.39 is 0 Å². The van der Waals surface area contributed by atoms with Crippen LogP contribution in [0.2, 0.25) is 0 Å². The summed E-state index contributed by atoms with van der Waals surface area (Å²) in [6.07, 6.45) is 0. The molecule has 0 saturated heterocycles. The van der Waals surface area contributed by atoms with Gasteiger partial charge >= 0.3 is 0 Å². The molecular formula is C16H18FN3O2S. The highest BCUT2D eigenvalue weighted by Gasteiger charge is 2.06. The van der Waals surface area contributed by atoms with E-state index >= 15 is 0 Å². The molecule has 0 unspecified atom stereocenters. The van der Waals surface area contributed by atoms with Crippen LogP contribution in [0.3, 0.4) is 0 Å². The first kappa shape index (κ1) is 17.2. The van der Waals surface area contributed by atoms with Gasteiger partial charge in [0.2, 0.25) is 5.91 Å². The molecule has 0 fully saturated rings. The highest BCUT2D eigenvalue weighted by atomic mass is 32.2. The summed E-state index contributed by atoms with van der Waals surface area (Å²) in [5, 5.41) is 3.35. The molecule has 0 aliphatic rings. The van der Waals surface area contributed by atoms with Crippen LogP contribution in [-0.4, -0.2) is 34.8 Å². The van der Waals surface area contributed by atoms with Crippen LogP contribution in [0.15, 0.2) is 35.5 Å². The third-order valence-corrected chi connectivity index (χ3v) is 3.65. The zero-order chi connectivity index (χ0) is 16.7. The summed E-state index contributed by atoms with van der Waals surface area (Å²) in [5.74, 6) is 0.398. The number of nitrogens with one attached hydrogen (secondary N) is 1. The number of ether oxygens (including phenoxy) is 1. The van der Waals surface area contributed by atoms with Crippen molar-refractivity contribution in [3.63, 3.8) is 0 Å². The first-order chi connectivity index (χ1) is 11.0. The fourth-order valence-electron chi connectivity index (χ4n) is 1.83. The normalized spacial score (nSPS) is 10.4. The van der Waals surface area contributed by atoms with Crippen LogP contribution < -0.4 is 10.1 Å². The summed E-state index contributed by atoms with van der Waals surface area (Å²) < 4.78 is 18.1. The smallest absolute Gasteiger partial charge is 0.230 e. The van der Waals surface area contributed by atoms with Gasteiger partial charge in [0.05, 0.1) is 12.3 Å². The van der Waals surface area contributed by atoms with Crippen LogP contribution in [0.1, 0.15) is 11.4 Å². The molecule has 2 rings (SSSR count). The van der Waals surface area contributed by atoms with Crippen molar-refractivity contribution in [2.24, 2.45) is 0 Å². The van der Waals surface area contributed by atoms with Gasteiger partial charge in [-0.25, -0.2) is 14.4 Å². The molecule has 0 bridgehead atoms. The molecule has 23 heavy (non-hydrogen) atoms. The molecule has 2 aromatic rings. The Hall–Kier alpha value is -2.15. The van der Waals surface area contributed by atoms with Crippen LogP contribution in [0.25, 0.3) is 0 Å². The summed E-state index contributed by atoms with van der Waals surface area (Å²) in [5.41, 5.74) is 1.77. The predicted molar refractivity (Wildman–Crippen MR) is 87.1 cm³/mol. The lowest BCUT2D eigenvalue weighted by Crippen LogP contribution is -2.29. The number of carbonyl (C=O) groups excluding carboxylic acids is 1. The molecule has 1 heterocycles. The molecule has 1 N–H and O–H groups in total. The van der Waals surface area contributed by atoms with Crippen molar-refractivity contribution < 1.29 is 13.9 Å². The van der Waals surface area contributed by atoms with E-state index in [0.717, 1.165) is 11.4 Å². The lowest BCUT2D eigenvalue weighted by Gasteiger charge is -2.07. The van der Waals surface area contributed by atoms with Gasteiger partial charge in [0.15, 0.2) is 5.16 Å². The number of carbonyl (C=O) groups is 1. The second kappa shape index (κ2) is 8.47. The number of benzene rings is 1. The highest BCUT2D eigenvalue weighted by Crippen LogP contribution is 2.13. The van der Waals surface area contributed by atoms with Gasteiger partial charge in [0, 0.05) is 11.4 Å². The topological polar surface area (TPSA) is 64.1 Å². The van der Waals surface area contributed by atoms with Gasteiger partial charge in [-0.05, 0) is 44.2 Å². The summed E-state index contributed by atoms with van der Waals surface area (Å²) in [4.78, 5) is 20.3. The molecular weight excluding hydrogens is 317 g/mol. The molecule has 1 aromatic heterocycles.